The van der Waals surface area contributed by atoms with Gasteiger partial charge in [-0.2, -0.15) is 0 Å². The van der Waals surface area contributed by atoms with E-state index in [-0.39, 0.29) is 11.6 Å². The normalized spacial score (nSPS) is 12.0. The number of unbranched alkanes of at least 4 members (excludes halogenated alkanes) is 12. The van der Waals surface area contributed by atoms with Crippen LogP contribution in [-0.2, 0) is 9.59 Å². The molecule has 0 unspecified atom stereocenters. The molecule has 0 heterocycles. The third-order valence-corrected chi connectivity index (χ3v) is 7.36. The number of rotatable bonds is 26. The first-order valence-electron chi connectivity index (χ1n) is 14.6. The molecule has 0 saturated carbocycles. The Balaban J connectivity index is 3.67. The molecule has 35 heavy (non-hydrogen) atoms. The summed E-state index contributed by atoms with van der Waals surface area (Å²) in [5.41, 5.74) is 0. The molecule has 0 radical (unpaired) electrons. The van der Waals surface area contributed by atoms with Crippen LogP contribution in [0, 0.1) is 0 Å². The van der Waals surface area contributed by atoms with Crippen molar-refractivity contribution in [3.63, 3.8) is 0 Å². The maximum atomic E-state index is 11.2. The lowest BCUT2D eigenvalue weighted by Gasteiger charge is -2.33. The lowest BCUT2D eigenvalue weighted by Crippen LogP contribution is -2.46. The van der Waals surface area contributed by atoms with Crippen LogP contribution in [0.4, 0.5) is 0 Å². The molecule has 0 aromatic carbocycles. The fourth-order valence-electron chi connectivity index (χ4n) is 4.80. The summed E-state index contributed by atoms with van der Waals surface area (Å²) in [5.74, 6) is 0.370. The van der Waals surface area contributed by atoms with Gasteiger partial charge in [0.25, 0.3) is 0 Å². The SMILES string of the molecule is C=CC(=O)CCCCCCCCC[N+](C)(C)CCC[N+](C)(C)CCCCCCCCCC(=O)C=C. The van der Waals surface area contributed by atoms with Crippen molar-refractivity contribution in [1.82, 2.24) is 0 Å². The summed E-state index contributed by atoms with van der Waals surface area (Å²) in [7, 11) is 9.57. The zero-order valence-electron chi connectivity index (χ0n) is 24.1. The van der Waals surface area contributed by atoms with Gasteiger partial charge in [-0.15, -0.1) is 0 Å². The Kier molecular flexibility index (Phi) is 20.1. The zero-order valence-corrected chi connectivity index (χ0v) is 24.1. The predicted octanol–water partition coefficient (Wildman–Crippen LogP) is 7.28. The molecule has 0 spiro atoms. The van der Waals surface area contributed by atoms with Gasteiger partial charge in [0, 0.05) is 19.3 Å². The summed E-state index contributed by atoms with van der Waals surface area (Å²) in [6.07, 6.45) is 23.0. The second-order valence-electron chi connectivity index (χ2n) is 11.9. The van der Waals surface area contributed by atoms with Crippen molar-refractivity contribution in [3.05, 3.63) is 25.3 Å². The highest BCUT2D eigenvalue weighted by Crippen LogP contribution is 2.13. The van der Waals surface area contributed by atoms with Crippen LogP contribution in [0.2, 0.25) is 0 Å². The van der Waals surface area contributed by atoms with Crippen molar-refractivity contribution >= 4 is 11.6 Å². The average molecular weight is 493 g/mol. The Bertz CT molecular complexity index is 531. The quantitative estimate of drug-likeness (QED) is 0.0722. The second-order valence-corrected chi connectivity index (χ2v) is 11.9. The number of ketones is 2. The van der Waals surface area contributed by atoms with Crippen molar-refractivity contribution in [2.24, 2.45) is 0 Å². The maximum Gasteiger partial charge on any atom is 0.155 e. The van der Waals surface area contributed by atoms with Crippen LogP contribution in [0.25, 0.3) is 0 Å². The Morgan fingerprint density at radius 3 is 1.03 bits per heavy atom. The van der Waals surface area contributed by atoms with Gasteiger partial charge in [0.2, 0.25) is 0 Å². The number of hydrogen-bond donors (Lipinski definition) is 0. The van der Waals surface area contributed by atoms with Crippen LogP contribution in [0.15, 0.2) is 25.3 Å². The minimum Gasteiger partial charge on any atom is -0.328 e. The molecule has 0 atom stereocenters. The molecule has 0 aliphatic heterocycles. The number of carbonyl (C=O) groups excluding carboxylic acids is 2. The molecule has 0 aromatic rings. The standard InChI is InChI=1S/C31H60N2O2/c1-7-30(34)24-19-15-11-9-13-17-21-26-32(3,4)28-23-29-33(5,6)27-22-18-14-10-12-16-20-25-31(35)8-2/h7-8H,1-2,9-29H2,3-6H3/q+2. The number of hydrogen-bond acceptors (Lipinski definition) is 2. The fraction of sp³-hybridized carbons (Fsp3) is 0.806. The van der Waals surface area contributed by atoms with Crippen molar-refractivity contribution < 1.29 is 18.6 Å². The van der Waals surface area contributed by atoms with E-state index < -0.39 is 0 Å². The minimum atomic E-state index is 0.185. The minimum absolute atomic E-state index is 0.185. The van der Waals surface area contributed by atoms with Crippen LogP contribution < -0.4 is 0 Å². The van der Waals surface area contributed by atoms with Gasteiger partial charge in [0.1, 0.15) is 0 Å². The monoisotopic (exact) mass is 492 g/mol. The van der Waals surface area contributed by atoms with E-state index >= 15 is 0 Å². The van der Waals surface area contributed by atoms with E-state index in [1.165, 1.54) is 122 Å². The van der Waals surface area contributed by atoms with E-state index in [9.17, 15) is 9.59 Å². The van der Waals surface area contributed by atoms with E-state index in [1.807, 2.05) is 0 Å². The Hall–Kier alpha value is -1.26. The molecular weight excluding hydrogens is 432 g/mol. The first kappa shape index (κ1) is 33.7. The second kappa shape index (κ2) is 20.9. The summed E-state index contributed by atoms with van der Waals surface area (Å²) in [6.45, 7) is 12.2. The predicted molar refractivity (Wildman–Crippen MR) is 153 cm³/mol. The molecule has 0 saturated heterocycles. The summed E-state index contributed by atoms with van der Waals surface area (Å²) in [6, 6.07) is 0. The molecule has 4 heteroatoms. The molecule has 0 aliphatic carbocycles. The van der Waals surface area contributed by atoms with Gasteiger partial charge in [-0.1, -0.05) is 64.5 Å². The third-order valence-electron chi connectivity index (χ3n) is 7.36. The largest absolute Gasteiger partial charge is 0.328 e. The zero-order chi connectivity index (χ0) is 26.4. The molecule has 0 N–H and O–H groups in total. The number of nitrogens with zero attached hydrogens (tertiary/aromatic N) is 2. The average Bonchev–Trinajstić information content (AvgIpc) is 2.81. The summed E-state index contributed by atoms with van der Waals surface area (Å²) >= 11 is 0. The van der Waals surface area contributed by atoms with Crippen LogP contribution in [0.5, 0.6) is 0 Å². The molecule has 0 rings (SSSR count). The summed E-state index contributed by atoms with van der Waals surface area (Å²) in [5, 5.41) is 0. The molecule has 0 aliphatic rings. The van der Waals surface area contributed by atoms with Gasteiger partial charge in [0.15, 0.2) is 11.6 Å². The van der Waals surface area contributed by atoms with E-state index in [0.29, 0.717) is 12.8 Å². The summed E-state index contributed by atoms with van der Waals surface area (Å²) < 4.78 is 2.28. The number of quaternary nitrogens is 2. The molecule has 204 valence electrons. The molecule has 4 nitrogen and oxygen atoms in total. The van der Waals surface area contributed by atoms with E-state index in [2.05, 4.69) is 41.3 Å². The number of carbonyl (C=O) groups is 2. The molecular formula is C31H60N2O2+2. The topological polar surface area (TPSA) is 34.1 Å². The Morgan fingerprint density at radius 1 is 0.457 bits per heavy atom. The van der Waals surface area contributed by atoms with Gasteiger partial charge in [-0.05, 0) is 50.7 Å². The maximum absolute atomic E-state index is 11.2. The van der Waals surface area contributed by atoms with E-state index in [1.54, 1.807) is 0 Å². The first-order valence-corrected chi connectivity index (χ1v) is 14.6. The lowest BCUT2D eigenvalue weighted by molar-refractivity contribution is -0.909. The van der Waals surface area contributed by atoms with Crippen LogP contribution >= 0.6 is 0 Å². The van der Waals surface area contributed by atoms with Crippen molar-refractivity contribution in [1.29, 1.82) is 0 Å². The van der Waals surface area contributed by atoms with E-state index in [0.717, 1.165) is 21.8 Å². The van der Waals surface area contributed by atoms with Crippen molar-refractivity contribution in [3.8, 4) is 0 Å². The molecule has 0 amide bonds. The molecule has 0 aromatic heterocycles. The van der Waals surface area contributed by atoms with Crippen molar-refractivity contribution in [2.75, 3.05) is 54.4 Å². The molecule has 0 fully saturated rings. The van der Waals surface area contributed by atoms with Gasteiger partial charge in [0.05, 0.1) is 54.4 Å². The highest BCUT2D eigenvalue weighted by Gasteiger charge is 2.19. The smallest absolute Gasteiger partial charge is 0.155 e. The first-order chi connectivity index (χ1) is 16.6. The third kappa shape index (κ3) is 22.9. The highest BCUT2D eigenvalue weighted by molar-refractivity contribution is 5.89. The molecule has 0 bridgehead atoms. The van der Waals surface area contributed by atoms with Gasteiger partial charge >= 0.3 is 0 Å². The Labute approximate surface area is 219 Å². The van der Waals surface area contributed by atoms with Crippen LogP contribution in [-0.4, -0.2) is 74.9 Å². The van der Waals surface area contributed by atoms with E-state index in [4.69, 9.17) is 0 Å². The highest BCUT2D eigenvalue weighted by atomic mass is 16.1. The van der Waals surface area contributed by atoms with Gasteiger partial charge < -0.3 is 8.97 Å². The van der Waals surface area contributed by atoms with Gasteiger partial charge in [-0.3, -0.25) is 9.59 Å². The fourth-order valence-corrected chi connectivity index (χ4v) is 4.80. The van der Waals surface area contributed by atoms with Gasteiger partial charge in [-0.25, -0.2) is 0 Å². The van der Waals surface area contributed by atoms with Crippen LogP contribution in [0.1, 0.15) is 109 Å². The Morgan fingerprint density at radius 2 is 0.714 bits per heavy atom. The van der Waals surface area contributed by atoms with Crippen LogP contribution in [0.3, 0.4) is 0 Å². The number of allylic oxidation sites excluding steroid dienone is 2. The lowest BCUT2D eigenvalue weighted by atomic mass is 10.1. The van der Waals surface area contributed by atoms with Crippen molar-refractivity contribution in [2.45, 2.75) is 109 Å². The summed E-state index contributed by atoms with van der Waals surface area (Å²) in [4.78, 5) is 22.4.